The number of hydrogen-bond donors (Lipinski definition) is 1. The van der Waals surface area contributed by atoms with E-state index in [2.05, 4.69) is 4.98 Å². The number of ether oxygens (including phenoxy) is 1. The molecule has 0 aliphatic heterocycles. The van der Waals surface area contributed by atoms with E-state index in [4.69, 9.17) is 4.74 Å². The van der Waals surface area contributed by atoms with E-state index < -0.39 is 5.60 Å². The van der Waals surface area contributed by atoms with Gasteiger partial charge in [0.2, 0.25) is 0 Å². The van der Waals surface area contributed by atoms with Crippen LogP contribution in [0, 0.1) is 6.92 Å². The summed E-state index contributed by atoms with van der Waals surface area (Å²) in [6, 6.07) is 0. The minimum atomic E-state index is -0.433. The maximum atomic E-state index is 12.1. The zero-order chi connectivity index (χ0) is 12.6. The standard InChI is InChI=1S/C14H21NO2/c1-9-10-7-5-6-8-11(10)12(15-9)13(16)17-14(2,3)4/h15H,5-8H2,1-4H3. The highest BCUT2D eigenvalue weighted by atomic mass is 16.6. The minimum absolute atomic E-state index is 0.219. The molecule has 0 radical (unpaired) electrons. The van der Waals surface area contributed by atoms with Gasteiger partial charge >= 0.3 is 5.97 Å². The summed E-state index contributed by atoms with van der Waals surface area (Å²) in [7, 11) is 0. The van der Waals surface area contributed by atoms with Gasteiger partial charge in [0.15, 0.2) is 0 Å². The Bertz CT molecular complexity index is 438. The molecule has 1 aromatic rings. The molecule has 17 heavy (non-hydrogen) atoms. The monoisotopic (exact) mass is 235 g/mol. The molecule has 1 aliphatic rings. The number of fused-ring (bicyclic) bond motifs is 1. The normalized spacial score (nSPS) is 15.5. The van der Waals surface area contributed by atoms with E-state index in [0.29, 0.717) is 5.69 Å². The van der Waals surface area contributed by atoms with Gasteiger partial charge in [-0.1, -0.05) is 0 Å². The Morgan fingerprint density at radius 1 is 1.18 bits per heavy atom. The lowest BCUT2D eigenvalue weighted by Gasteiger charge is -2.20. The summed E-state index contributed by atoms with van der Waals surface area (Å²) in [6.07, 6.45) is 4.47. The lowest BCUT2D eigenvalue weighted by atomic mass is 9.92. The Kier molecular flexibility index (Phi) is 3.02. The molecule has 1 heterocycles. The summed E-state index contributed by atoms with van der Waals surface area (Å²) in [5, 5.41) is 0. The highest BCUT2D eigenvalue weighted by molar-refractivity contribution is 5.90. The minimum Gasteiger partial charge on any atom is -0.455 e. The van der Waals surface area contributed by atoms with Crippen molar-refractivity contribution in [2.45, 2.75) is 59.0 Å². The molecule has 0 atom stereocenters. The van der Waals surface area contributed by atoms with E-state index in [9.17, 15) is 4.79 Å². The lowest BCUT2D eigenvalue weighted by Crippen LogP contribution is -2.25. The summed E-state index contributed by atoms with van der Waals surface area (Å²) in [5.74, 6) is -0.219. The second kappa shape index (κ2) is 4.21. The number of rotatable bonds is 1. The number of carbonyl (C=O) groups is 1. The van der Waals surface area contributed by atoms with Gasteiger partial charge in [-0.05, 0) is 64.5 Å². The molecule has 0 bridgehead atoms. The Morgan fingerprint density at radius 2 is 1.76 bits per heavy atom. The van der Waals surface area contributed by atoms with Crippen LogP contribution >= 0.6 is 0 Å². The van der Waals surface area contributed by atoms with Crippen molar-refractivity contribution in [3.63, 3.8) is 0 Å². The molecule has 94 valence electrons. The topological polar surface area (TPSA) is 42.1 Å². The molecule has 2 rings (SSSR count). The van der Waals surface area contributed by atoms with Crippen LogP contribution < -0.4 is 0 Å². The van der Waals surface area contributed by atoms with Gasteiger partial charge in [0, 0.05) is 5.69 Å². The van der Waals surface area contributed by atoms with Crippen molar-refractivity contribution in [2.75, 3.05) is 0 Å². The van der Waals surface area contributed by atoms with Crippen LogP contribution in [-0.2, 0) is 17.6 Å². The molecule has 0 aromatic carbocycles. The summed E-state index contributed by atoms with van der Waals surface area (Å²) >= 11 is 0. The van der Waals surface area contributed by atoms with Crippen LogP contribution in [-0.4, -0.2) is 16.6 Å². The van der Waals surface area contributed by atoms with Gasteiger partial charge in [-0.2, -0.15) is 0 Å². The third kappa shape index (κ3) is 2.54. The van der Waals surface area contributed by atoms with Crippen molar-refractivity contribution >= 4 is 5.97 Å². The van der Waals surface area contributed by atoms with Crippen LogP contribution in [0.15, 0.2) is 0 Å². The van der Waals surface area contributed by atoms with Crippen LogP contribution in [0.1, 0.15) is 60.9 Å². The Hall–Kier alpha value is -1.25. The SMILES string of the molecule is Cc1[nH]c(C(=O)OC(C)(C)C)c2c1CCCC2. The molecular formula is C14H21NO2. The zero-order valence-electron chi connectivity index (χ0n) is 11.1. The molecular weight excluding hydrogens is 214 g/mol. The molecule has 3 heteroatoms. The maximum absolute atomic E-state index is 12.1. The smallest absolute Gasteiger partial charge is 0.355 e. The third-order valence-electron chi connectivity index (χ3n) is 3.14. The first-order valence-corrected chi connectivity index (χ1v) is 6.32. The van der Waals surface area contributed by atoms with Gasteiger partial charge < -0.3 is 9.72 Å². The molecule has 0 fully saturated rings. The Labute approximate surface area is 103 Å². The number of carbonyl (C=O) groups excluding carboxylic acids is 1. The van der Waals surface area contributed by atoms with Crippen LogP contribution in [0.4, 0.5) is 0 Å². The molecule has 3 nitrogen and oxygen atoms in total. The van der Waals surface area contributed by atoms with Crippen molar-refractivity contribution in [2.24, 2.45) is 0 Å². The summed E-state index contributed by atoms with van der Waals surface area (Å²) in [6.45, 7) is 7.73. The summed E-state index contributed by atoms with van der Waals surface area (Å²) in [4.78, 5) is 15.3. The number of nitrogens with one attached hydrogen (secondary N) is 1. The van der Waals surface area contributed by atoms with Gasteiger partial charge in [-0.3, -0.25) is 0 Å². The van der Waals surface area contributed by atoms with E-state index in [-0.39, 0.29) is 5.97 Å². The first kappa shape index (κ1) is 12.2. The molecule has 0 spiro atoms. The largest absolute Gasteiger partial charge is 0.455 e. The molecule has 0 amide bonds. The molecule has 0 unspecified atom stereocenters. The van der Waals surface area contributed by atoms with Crippen molar-refractivity contribution in [3.05, 3.63) is 22.5 Å². The van der Waals surface area contributed by atoms with E-state index in [1.54, 1.807) is 0 Å². The highest BCUT2D eigenvalue weighted by Gasteiger charge is 2.26. The number of aryl methyl sites for hydroxylation is 1. The molecule has 1 aliphatic carbocycles. The van der Waals surface area contributed by atoms with Gasteiger partial charge in [-0.15, -0.1) is 0 Å². The van der Waals surface area contributed by atoms with Crippen LogP contribution in [0.3, 0.4) is 0 Å². The number of aromatic amines is 1. The second-order valence-electron chi connectivity index (χ2n) is 5.79. The first-order chi connectivity index (χ1) is 7.88. The fraction of sp³-hybridized carbons (Fsp3) is 0.643. The van der Waals surface area contributed by atoms with E-state index in [1.807, 2.05) is 27.7 Å². The number of hydrogen-bond acceptors (Lipinski definition) is 2. The quantitative estimate of drug-likeness (QED) is 0.760. The lowest BCUT2D eigenvalue weighted by molar-refractivity contribution is 0.00621. The van der Waals surface area contributed by atoms with Gasteiger partial charge in [0.05, 0.1) is 0 Å². The second-order valence-corrected chi connectivity index (χ2v) is 5.79. The number of esters is 1. The number of H-pyrrole nitrogens is 1. The molecule has 1 aromatic heterocycles. The highest BCUT2D eigenvalue weighted by Crippen LogP contribution is 2.28. The van der Waals surface area contributed by atoms with Crippen molar-refractivity contribution in [3.8, 4) is 0 Å². The van der Waals surface area contributed by atoms with Crippen molar-refractivity contribution in [1.82, 2.24) is 4.98 Å². The fourth-order valence-corrected chi connectivity index (χ4v) is 2.44. The maximum Gasteiger partial charge on any atom is 0.355 e. The molecule has 0 saturated carbocycles. The van der Waals surface area contributed by atoms with E-state index >= 15 is 0 Å². The summed E-state index contributed by atoms with van der Waals surface area (Å²) < 4.78 is 5.43. The van der Waals surface area contributed by atoms with Crippen LogP contribution in [0.25, 0.3) is 0 Å². The van der Waals surface area contributed by atoms with Gasteiger partial charge in [-0.25, -0.2) is 4.79 Å². The molecule has 0 saturated heterocycles. The van der Waals surface area contributed by atoms with E-state index in [0.717, 1.165) is 18.5 Å². The average Bonchev–Trinajstić information content (AvgIpc) is 2.55. The van der Waals surface area contributed by atoms with Crippen LogP contribution in [0.5, 0.6) is 0 Å². The first-order valence-electron chi connectivity index (χ1n) is 6.32. The zero-order valence-corrected chi connectivity index (χ0v) is 11.1. The predicted octanol–water partition coefficient (Wildman–Crippen LogP) is 3.16. The van der Waals surface area contributed by atoms with Gasteiger partial charge in [0.25, 0.3) is 0 Å². The average molecular weight is 235 g/mol. The fourth-order valence-electron chi connectivity index (χ4n) is 2.44. The Balaban J connectivity index is 2.30. The van der Waals surface area contributed by atoms with Gasteiger partial charge in [0.1, 0.15) is 11.3 Å². The Morgan fingerprint density at radius 3 is 2.35 bits per heavy atom. The van der Waals surface area contributed by atoms with Crippen molar-refractivity contribution < 1.29 is 9.53 Å². The number of aromatic nitrogens is 1. The van der Waals surface area contributed by atoms with E-state index in [1.165, 1.54) is 24.0 Å². The third-order valence-corrected chi connectivity index (χ3v) is 3.14. The van der Waals surface area contributed by atoms with Crippen molar-refractivity contribution in [1.29, 1.82) is 0 Å². The van der Waals surface area contributed by atoms with Crippen LogP contribution in [0.2, 0.25) is 0 Å². The summed E-state index contributed by atoms with van der Waals surface area (Å²) in [5.41, 5.74) is 3.88. The molecule has 1 N–H and O–H groups in total. The predicted molar refractivity (Wildman–Crippen MR) is 67.3 cm³/mol.